The van der Waals surface area contributed by atoms with Crippen LogP contribution < -0.4 is 10.1 Å². The van der Waals surface area contributed by atoms with Crippen molar-refractivity contribution < 1.29 is 9.47 Å². The van der Waals surface area contributed by atoms with Crippen LogP contribution in [-0.2, 0) is 11.3 Å². The Kier molecular flexibility index (Phi) is 7.15. The zero-order valence-corrected chi connectivity index (χ0v) is 15.4. The van der Waals surface area contributed by atoms with Crippen molar-refractivity contribution in [2.24, 2.45) is 5.92 Å². The van der Waals surface area contributed by atoms with Gasteiger partial charge >= 0.3 is 0 Å². The molecule has 1 aliphatic rings. The highest BCUT2D eigenvalue weighted by atomic mass is 79.9. The standard InChI is InChI=1S/C17H27BrN2O2/c1-13(2)11-20-6-7-22-16(12-20)10-19-9-14-8-15(18)4-5-17(14)21-3/h4-5,8,13,16,19H,6-7,9-12H2,1-3H3. The normalized spacial score (nSPS) is 19.6. The van der Waals surface area contributed by atoms with Gasteiger partial charge in [0.15, 0.2) is 0 Å². The van der Waals surface area contributed by atoms with Crippen LogP contribution >= 0.6 is 15.9 Å². The fourth-order valence-electron chi connectivity index (χ4n) is 2.84. The summed E-state index contributed by atoms with van der Waals surface area (Å²) in [5.74, 6) is 1.62. The Morgan fingerprint density at radius 3 is 3.00 bits per heavy atom. The van der Waals surface area contributed by atoms with Gasteiger partial charge in [-0.05, 0) is 24.1 Å². The molecule has 1 atom stereocenters. The van der Waals surface area contributed by atoms with Crippen molar-refractivity contribution in [1.29, 1.82) is 0 Å². The molecule has 0 saturated carbocycles. The molecule has 0 aliphatic carbocycles. The van der Waals surface area contributed by atoms with E-state index in [1.54, 1.807) is 7.11 Å². The third-order valence-electron chi connectivity index (χ3n) is 3.78. The lowest BCUT2D eigenvalue weighted by Gasteiger charge is -2.34. The van der Waals surface area contributed by atoms with E-state index < -0.39 is 0 Å². The number of hydrogen-bond donors (Lipinski definition) is 1. The molecule has 1 saturated heterocycles. The molecule has 2 rings (SSSR count). The van der Waals surface area contributed by atoms with Crippen LogP contribution in [0.2, 0.25) is 0 Å². The molecule has 1 unspecified atom stereocenters. The van der Waals surface area contributed by atoms with Gasteiger partial charge < -0.3 is 14.8 Å². The van der Waals surface area contributed by atoms with Crippen molar-refractivity contribution in [1.82, 2.24) is 10.2 Å². The van der Waals surface area contributed by atoms with Gasteiger partial charge in [0, 0.05) is 42.8 Å². The average molecular weight is 371 g/mol. The molecule has 1 aromatic carbocycles. The molecule has 0 bridgehead atoms. The molecule has 0 radical (unpaired) electrons. The Morgan fingerprint density at radius 1 is 1.45 bits per heavy atom. The zero-order valence-electron chi connectivity index (χ0n) is 13.8. The van der Waals surface area contributed by atoms with Crippen molar-refractivity contribution in [2.75, 3.05) is 39.9 Å². The molecule has 22 heavy (non-hydrogen) atoms. The molecule has 0 spiro atoms. The number of halogens is 1. The number of ether oxygens (including phenoxy) is 2. The summed E-state index contributed by atoms with van der Waals surface area (Å²) in [6.07, 6.45) is 0.269. The van der Waals surface area contributed by atoms with Crippen LogP contribution in [0.1, 0.15) is 19.4 Å². The molecular weight excluding hydrogens is 344 g/mol. The van der Waals surface area contributed by atoms with Gasteiger partial charge in [-0.1, -0.05) is 29.8 Å². The number of morpholine rings is 1. The second-order valence-electron chi connectivity index (χ2n) is 6.23. The minimum absolute atomic E-state index is 0.269. The molecule has 5 heteroatoms. The van der Waals surface area contributed by atoms with Crippen LogP contribution in [0.3, 0.4) is 0 Å². The summed E-state index contributed by atoms with van der Waals surface area (Å²) in [6, 6.07) is 6.08. The highest BCUT2D eigenvalue weighted by Gasteiger charge is 2.20. The van der Waals surface area contributed by atoms with Crippen molar-refractivity contribution in [3.63, 3.8) is 0 Å². The number of rotatable bonds is 7. The molecule has 0 aromatic heterocycles. The summed E-state index contributed by atoms with van der Waals surface area (Å²) in [6.45, 7) is 10.2. The number of hydrogen-bond acceptors (Lipinski definition) is 4. The molecule has 1 heterocycles. The summed E-state index contributed by atoms with van der Waals surface area (Å²) in [7, 11) is 1.71. The second-order valence-corrected chi connectivity index (χ2v) is 7.15. The summed E-state index contributed by atoms with van der Waals surface area (Å²) in [5.41, 5.74) is 1.16. The molecule has 4 nitrogen and oxygen atoms in total. The Hall–Kier alpha value is -0.620. The van der Waals surface area contributed by atoms with Gasteiger partial charge in [0.2, 0.25) is 0 Å². The first-order chi connectivity index (χ1) is 10.6. The average Bonchev–Trinajstić information content (AvgIpc) is 2.47. The predicted octanol–water partition coefficient (Wildman–Crippen LogP) is 2.90. The minimum atomic E-state index is 0.269. The molecule has 0 amide bonds. The molecule has 124 valence electrons. The number of nitrogens with one attached hydrogen (secondary N) is 1. The van der Waals surface area contributed by atoms with E-state index in [0.717, 1.165) is 55.1 Å². The second kappa shape index (κ2) is 8.87. The van der Waals surface area contributed by atoms with Gasteiger partial charge in [-0.3, -0.25) is 4.90 Å². The third-order valence-corrected chi connectivity index (χ3v) is 4.27. The van der Waals surface area contributed by atoms with Gasteiger partial charge in [0.25, 0.3) is 0 Å². The molecule has 1 aliphatic heterocycles. The van der Waals surface area contributed by atoms with Crippen LogP contribution in [0.25, 0.3) is 0 Å². The highest BCUT2D eigenvalue weighted by molar-refractivity contribution is 9.10. The maximum Gasteiger partial charge on any atom is 0.123 e. The van der Waals surface area contributed by atoms with Gasteiger partial charge in [-0.25, -0.2) is 0 Å². The first kappa shape index (κ1) is 17.7. The lowest BCUT2D eigenvalue weighted by atomic mass is 10.1. The van der Waals surface area contributed by atoms with E-state index >= 15 is 0 Å². The van der Waals surface area contributed by atoms with Crippen LogP contribution in [0, 0.1) is 5.92 Å². The third kappa shape index (κ3) is 5.54. The van der Waals surface area contributed by atoms with E-state index in [1.165, 1.54) is 0 Å². The topological polar surface area (TPSA) is 33.7 Å². The lowest BCUT2D eigenvalue weighted by molar-refractivity contribution is -0.0303. The van der Waals surface area contributed by atoms with E-state index in [2.05, 4.69) is 46.1 Å². The quantitative estimate of drug-likeness (QED) is 0.799. The number of nitrogens with zero attached hydrogens (tertiary/aromatic N) is 1. The monoisotopic (exact) mass is 370 g/mol. The number of benzene rings is 1. The molecular formula is C17H27BrN2O2. The van der Waals surface area contributed by atoms with Gasteiger partial charge in [0.1, 0.15) is 5.75 Å². The van der Waals surface area contributed by atoms with E-state index in [-0.39, 0.29) is 6.10 Å². The van der Waals surface area contributed by atoms with Crippen LogP contribution in [-0.4, -0.2) is 50.9 Å². The predicted molar refractivity (Wildman–Crippen MR) is 93.4 cm³/mol. The zero-order chi connectivity index (χ0) is 15.9. The maximum atomic E-state index is 5.86. The summed E-state index contributed by atoms with van der Waals surface area (Å²) < 4.78 is 12.3. The summed E-state index contributed by atoms with van der Waals surface area (Å²) in [5, 5.41) is 3.49. The number of methoxy groups -OCH3 is 1. The molecule has 1 fully saturated rings. The van der Waals surface area contributed by atoms with E-state index in [0.29, 0.717) is 5.92 Å². The van der Waals surface area contributed by atoms with E-state index in [4.69, 9.17) is 9.47 Å². The van der Waals surface area contributed by atoms with Gasteiger partial charge in [-0.2, -0.15) is 0 Å². The SMILES string of the molecule is COc1ccc(Br)cc1CNCC1CN(CC(C)C)CCO1. The Morgan fingerprint density at radius 2 is 2.27 bits per heavy atom. The molecule has 1 aromatic rings. The first-order valence-corrected chi connectivity index (χ1v) is 8.75. The van der Waals surface area contributed by atoms with E-state index in [1.807, 2.05) is 12.1 Å². The highest BCUT2D eigenvalue weighted by Crippen LogP contribution is 2.22. The fourth-order valence-corrected chi connectivity index (χ4v) is 3.25. The molecule has 1 N–H and O–H groups in total. The van der Waals surface area contributed by atoms with E-state index in [9.17, 15) is 0 Å². The fraction of sp³-hybridized carbons (Fsp3) is 0.647. The first-order valence-electron chi connectivity index (χ1n) is 7.95. The van der Waals surface area contributed by atoms with Crippen molar-refractivity contribution in [3.8, 4) is 5.75 Å². The van der Waals surface area contributed by atoms with Crippen LogP contribution in [0.5, 0.6) is 5.75 Å². The van der Waals surface area contributed by atoms with Crippen LogP contribution in [0.15, 0.2) is 22.7 Å². The van der Waals surface area contributed by atoms with Crippen molar-refractivity contribution in [3.05, 3.63) is 28.2 Å². The van der Waals surface area contributed by atoms with Gasteiger partial charge in [-0.15, -0.1) is 0 Å². The lowest BCUT2D eigenvalue weighted by Crippen LogP contribution is -2.47. The van der Waals surface area contributed by atoms with Crippen molar-refractivity contribution >= 4 is 15.9 Å². The Labute approximate surface area is 142 Å². The Balaban J connectivity index is 1.79. The maximum absolute atomic E-state index is 5.86. The minimum Gasteiger partial charge on any atom is -0.496 e. The largest absolute Gasteiger partial charge is 0.496 e. The smallest absolute Gasteiger partial charge is 0.123 e. The van der Waals surface area contributed by atoms with Crippen LogP contribution in [0.4, 0.5) is 0 Å². The summed E-state index contributed by atoms with van der Waals surface area (Å²) in [4.78, 5) is 2.50. The van der Waals surface area contributed by atoms with Gasteiger partial charge in [0.05, 0.1) is 19.8 Å². The summed E-state index contributed by atoms with van der Waals surface area (Å²) >= 11 is 3.51. The Bertz CT molecular complexity index is 468. The van der Waals surface area contributed by atoms with Crippen molar-refractivity contribution in [2.45, 2.75) is 26.5 Å².